The van der Waals surface area contributed by atoms with Gasteiger partial charge in [0.05, 0.1) is 12.3 Å². The van der Waals surface area contributed by atoms with Gasteiger partial charge in [-0.3, -0.25) is 9.69 Å². The number of allylic oxidation sites excluding steroid dienone is 2. The lowest BCUT2D eigenvalue weighted by atomic mass is 10.0. The third kappa shape index (κ3) is 3.88. The average molecular weight is 447 g/mol. The number of amides is 1. The fraction of sp³-hybridized carbons (Fsp3) is 0.120. The van der Waals surface area contributed by atoms with Gasteiger partial charge in [-0.25, -0.2) is 9.52 Å². The molecule has 32 heavy (non-hydrogen) atoms. The molecular weight excluding hydrogens is 424 g/mol. The molecule has 0 bridgehead atoms. The van der Waals surface area contributed by atoms with Gasteiger partial charge in [0.15, 0.2) is 6.04 Å². The van der Waals surface area contributed by atoms with Crippen molar-refractivity contribution in [3.63, 3.8) is 0 Å². The number of hydrogen-bond donors (Lipinski definition) is 1. The fourth-order valence-electron chi connectivity index (χ4n) is 3.78. The van der Waals surface area contributed by atoms with E-state index in [0.29, 0.717) is 16.1 Å². The van der Waals surface area contributed by atoms with Crippen LogP contribution in [0.2, 0.25) is 0 Å². The Balaban J connectivity index is 1.97. The van der Waals surface area contributed by atoms with Gasteiger partial charge >= 0.3 is 5.97 Å². The first kappa shape index (κ1) is 21.7. The van der Waals surface area contributed by atoms with Gasteiger partial charge in [0, 0.05) is 5.56 Å². The number of benzene rings is 3. The lowest BCUT2D eigenvalue weighted by molar-refractivity contribution is -0.143. The third-order valence-electron chi connectivity index (χ3n) is 5.13. The molecule has 2 unspecified atom stereocenters. The largest absolute Gasteiger partial charge is 0.588 e. The predicted octanol–water partition coefficient (Wildman–Crippen LogP) is 4.11. The molecule has 1 aliphatic rings. The second-order valence-electron chi connectivity index (χ2n) is 7.05. The first-order valence-corrected chi connectivity index (χ1v) is 11.3. The molecule has 1 amide bonds. The maximum absolute atomic E-state index is 14.0. The Labute approximate surface area is 189 Å². The molecule has 0 saturated carbocycles. The van der Waals surface area contributed by atoms with Crippen molar-refractivity contribution in [3.8, 4) is 0 Å². The van der Waals surface area contributed by atoms with Crippen molar-refractivity contribution in [1.82, 2.24) is 4.72 Å². The Hall–Kier alpha value is -3.55. The molecule has 3 aromatic carbocycles. The number of carbonyl (C=O) groups is 2. The van der Waals surface area contributed by atoms with Crippen molar-refractivity contribution in [2.24, 2.45) is 0 Å². The van der Waals surface area contributed by atoms with Crippen LogP contribution in [0.1, 0.15) is 17.3 Å². The van der Waals surface area contributed by atoms with Crippen molar-refractivity contribution in [1.29, 1.82) is 0 Å². The summed E-state index contributed by atoms with van der Waals surface area (Å²) < 4.78 is 21.3. The summed E-state index contributed by atoms with van der Waals surface area (Å²) >= 11 is -1.69. The highest BCUT2D eigenvalue weighted by Crippen LogP contribution is 2.35. The van der Waals surface area contributed by atoms with Crippen molar-refractivity contribution in [2.45, 2.75) is 17.9 Å². The molecule has 162 valence electrons. The van der Waals surface area contributed by atoms with Crippen LogP contribution in [-0.4, -0.2) is 29.1 Å². The number of ether oxygens (including phenoxy) is 1. The molecule has 7 heteroatoms. The zero-order valence-electron chi connectivity index (χ0n) is 17.5. The normalized spacial score (nSPS) is 19.1. The molecule has 0 aliphatic carbocycles. The Bertz CT molecular complexity index is 1220. The third-order valence-corrected chi connectivity index (χ3v) is 6.30. The van der Waals surface area contributed by atoms with E-state index in [-0.39, 0.29) is 12.3 Å². The molecule has 2 atom stereocenters. The highest BCUT2D eigenvalue weighted by Gasteiger charge is 2.43. The Morgan fingerprint density at radius 3 is 2.62 bits per heavy atom. The number of esters is 1. The molecule has 0 spiro atoms. The molecule has 0 aromatic heterocycles. The molecule has 6 nitrogen and oxygen atoms in total. The zero-order chi connectivity index (χ0) is 22.7. The van der Waals surface area contributed by atoms with Gasteiger partial charge in [-0.2, -0.15) is 0 Å². The summed E-state index contributed by atoms with van der Waals surface area (Å²) in [7, 11) is 0. The minimum atomic E-state index is -1.69. The van der Waals surface area contributed by atoms with Crippen LogP contribution in [0, 0.1) is 0 Å². The lowest BCUT2D eigenvalue weighted by Crippen LogP contribution is -2.49. The average Bonchev–Trinajstić information content (AvgIpc) is 2.93. The summed E-state index contributed by atoms with van der Waals surface area (Å²) in [5.41, 5.74) is 1.07. The van der Waals surface area contributed by atoms with E-state index in [9.17, 15) is 14.1 Å². The van der Waals surface area contributed by atoms with E-state index in [1.807, 2.05) is 30.3 Å². The number of nitrogens with zero attached hydrogens (tertiary/aromatic N) is 1. The van der Waals surface area contributed by atoms with E-state index in [1.54, 1.807) is 43.3 Å². The molecule has 1 aliphatic heterocycles. The van der Waals surface area contributed by atoms with E-state index in [4.69, 9.17) is 4.74 Å². The van der Waals surface area contributed by atoms with Gasteiger partial charge in [0.2, 0.25) is 4.90 Å². The van der Waals surface area contributed by atoms with E-state index in [2.05, 4.69) is 11.3 Å². The van der Waals surface area contributed by atoms with Crippen molar-refractivity contribution >= 4 is 39.7 Å². The lowest BCUT2D eigenvalue weighted by Gasteiger charge is -2.29. The molecule has 1 heterocycles. The van der Waals surface area contributed by atoms with Crippen LogP contribution in [0.5, 0.6) is 0 Å². The molecule has 0 saturated heterocycles. The first-order valence-electron chi connectivity index (χ1n) is 10.1. The highest BCUT2D eigenvalue weighted by molar-refractivity contribution is 7.89. The standard InChI is InChI=1S/C25H22N2O4S/c1-3-10-20-23(25(29)31-4-2)27(21-15-7-8-16-22(21)32(30)26-20)24(28)19-14-9-12-17-11-5-6-13-18(17)19/h3,5-16,23,26H,1,4H2,2H3/b20-10-. The minimum absolute atomic E-state index is 0.137. The fourth-order valence-corrected chi connectivity index (χ4v) is 4.85. The molecule has 1 N–H and O–H groups in total. The van der Waals surface area contributed by atoms with Gasteiger partial charge in [-0.05, 0) is 42.0 Å². The molecule has 4 rings (SSSR count). The Kier molecular flexibility index (Phi) is 6.30. The van der Waals surface area contributed by atoms with Crippen molar-refractivity contribution < 1.29 is 18.9 Å². The van der Waals surface area contributed by atoms with Gasteiger partial charge in [-0.1, -0.05) is 61.2 Å². The number of rotatable bonds is 4. The van der Waals surface area contributed by atoms with Crippen LogP contribution >= 0.6 is 0 Å². The summed E-state index contributed by atoms with van der Waals surface area (Å²) in [6.07, 6.45) is 3.01. The summed E-state index contributed by atoms with van der Waals surface area (Å²) in [5, 5.41) is 1.66. The SMILES string of the molecule is C=C/C=C1\N[S+]([O-])c2ccccc2N(C(=O)c2cccc3ccccc23)C1C(=O)OCC. The van der Waals surface area contributed by atoms with E-state index in [1.165, 1.54) is 17.1 Å². The zero-order valence-corrected chi connectivity index (χ0v) is 18.3. The van der Waals surface area contributed by atoms with Gasteiger partial charge in [0.25, 0.3) is 5.91 Å². The maximum Gasteiger partial charge on any atom is 0.335 e. The highest BCUT2D eigenvalue weighted by atomic mass is 32.2. The second kappa shape index (κ2) is 9.30. The molecule has 0 radical (unpaired) electrons. The number of anilines is 1. The van der Waals surface area contributed by atoms with Crippen molar-refractivity contribution in [2.75, 3.05) is 11.5 Å². The summed E-state index contributed by atoms with van der Waals surface area (Å²) in [4.78, 5) is 28.9. The van der Waals surface area contributed by atoms with Crippen LogP contribution in [0.15, 0.2) is 96.1 Å². The van der Waals surface area contributed by atoms with E-state index in [0.717, 1.165) is 10.8 Å². The van der Waals surface area contributed by atoms with Crippen LogP contribution in [-0.2, 0) is 20.9 Å². The van der Waals surface area contributed by atoms with E-state index < -0.39 is 29.3 Å². The van der Waals surface area contributed by atoms with Gasteiger partial charge in [-0.15, -0.1) is 0 Å². The number of para-hydroxylation sites is 1. The Morgan fingerprint density at radius 1 is 1.12 bits per heavy atom. The number of nitrogens with one attached hydrogen (secondary N) is 1. The minimum Gasteiger partial charge on any atom is -0.588 e. The van der Waals surface area contributed by atoms with Crippen LogP contribution in [0.4, 0.5) is 5.69 Å². The second-order valence-corrected chi connectivity index (χ2v) is 8.23. The predicted molar refractivity (Wildman–Crippen MR) is 125 cm³/mol. The first-order chi connectivity index (χ1) is 15.6. The summed E-state index contributed by atoms with van der Waals surface area (Å²) in [5.74, 6) is -1.03. The maximum atomic E-state index is 14.0. The number of hydrogen-bond acceptors (Lipinski definition) is 5. The quantitative estimate of drug-likeness (QED) is 0.482. The Morgan fingerprint density at radius 2 is 1.84 bits per heavy atom. The van der Waals surface area contributed by atoms with Crippen LogP contribution < -0.4 is 9.62 Å². The topological polar surface area (TPSA) is 81.7 Å². The molecule has 0 fully saturated rings. The van der Waals surface area contributed by atoms with E-state index >= 15 is 0 Å². The number of carbonyl (C=O) groups excluding carboxylic acids is 2. The summed E-state index contributed by atoms with van der Waals surface area (Å²) in [6, 6.07) is 18.7. The van der Waals surface area contributed by atoms with Gasteiger partial charge in [0.1, 0.15) is 17.0 Å². The van der Waals surface area contributed by atoms with Crippen LogP contribution in [0.25, 0.3) is 10.8 Å². The number of fused-ring (bicyclic) bond motifs is 2. The van der Waals surface area contributed by atoms with Gasteiger partial charge < -0.3 is 9.29 Å². The smallest absolute Gasteiger partial charge is 0.335 e. The molecular formula is C25H22N2O4S. The monoisotopic (exact) mass is 446 g/mol. The summed E-state index contributed by atoms with van der Waals surface area (Å²) in [6.45, 7) is 5.53. The van der Waals surface area contributed by atoms with Crippen LogP contribution in [0.3, 0.4) is 0 Å². The molecule has 3 aromatic rings. The van der Waals surface area contributed by atoms with Crippen molar-refractivity contribution in [3.05, 3.63) is 96.7 Å².